The Labute approximate surface area is 225 Å². The van der Waals surface area contributed by atoms with Gasteiger partial charge >= 0.3 is 6.09 Å². The number of aromatic nitrogens is 1. The molecule has 1 aromatic heterocycles. The molecule has 4 aromatic rings. The van der Waals surface area contributed by atoms with Gasteiger partial charge in [0.2, 0.25) is 0 Å². The molecule has 1 saturated carbocycles. The van der Waals surface area contributed by atoms with E-state index >= 15 is 0 Å². The molecular formula is C30H29N5O4. The molecule has 3 amide bonds. The lowest BCUT2D eigenvalue weighted by molar-refractivity contribution is 0.0922. The first-order valence-corrected chi connectivity index (χ1v) is 12.8. The molecule has 0 radical (unpaired) electrons. The third-order valence-electron chi connectivity index (χ3n) is 7.05. The predicted molar refractivity (Wildman–Crippen MR) is 150 cm³/mol. The van der Waals surface area contributed by atoms with Gasteiger partial charge in [0, 0.05) is 34.9 Å². The van der Waals surface area contributed by atoms with Crippen molar-refractivity contribution in [3.05, 3.63) is 90.1 Å². The molecule has 1 fully saturated rings. The Morgan fingerprint density at radius 3 is 2.10 bits per heavy atom. The molecule has 3 aromatic carbocycles. The lowest BCUT2D eigenvalue weighted by atomic mass is 9.91. The van der Waals surface area contributed by atoms with Crippen LogP contribution in [-0.4, -0.2) is 40.1 Å². The zero-order valence-corrected chi connectivity index (χ0v) is 21.2. The number of hydrogen-bond donors (Lipinski definition) is 5. The van der Waals surface area contributed by atoms with E-state index in [1.807, 2.05) is 60.7 Å². The number of primary amides is 1. The number of amides is 3. The standard InChI is InChI=1S/C30H29N5O4/c31-28(36)25-17-32-26-15-10-20(16-24(26)27(25)33-21-4-2-1-3-5-21)18-6-8-19(9-7-18)29(37)34-22-11-13-23(14-12-22)35-30(38)39/h1-10,15-17,22-23,35H,11-14H2,(H2,31,36)(H,32,33)(H,34,37)(H,38,39). The van der Waals surface area contributed by atoms with E-state index in [9.17, 15) is 14.4 Å². The molecule has 0 unspecified atom stereocenters. The highest BCUT2D eigenvalue weighted by Crippen LogP contribution is 2.32. The van der Waals surface area contributed by atoms with Crippen LogP contribution in [0, 0.1) is 0 Å². The third kappa shape index (κ3) is 5.98. The van der Waals surface area contributed by atoms with E-state index in [4.69, 9.17) is 10.8 Å². The van der Waals surface area contributed by atoms with E-state index in [-0.39, 0.29) is 18.0 Å². The molecular weight excluding hydrogens is 494 g/mol. The molecule has 0 aliphatic heterocycles. The van der Waals surface area contributed by atoms with Crippen LogP contribution in [0.25, 0.3) is 22.0 Å². The molecule has 6 N–H and O–H groups in total. The zero-order valence-electron chi connectivity index (χ0n) is 21.2. The van der Waals surface area contributed by atoms with Crippen molar-refractivity contribution in [2.75, 3.05) is 5.32 Å². The van der Waals surface area contributed by atoms with Crippen LogP contribution in [0.1, 0.15) is 46.4 Å². The number of nitrogens with zero attached hydrogens (tertiary/aromatic N) is 1. The quantitative estimate of drug-likeness (QED) is 0.229. The molecule has 1 heterocycles. The van der Waals surface area contributed by atoms with E-state index in [1.54, 1.807) is 12.1 Å². The summed E-state index contributed by atoms with van der Waals surface area (Å²) in [5.74, 6) is -0.727. The van der Waals surface area contributed by atoms with Crippen LogP contribution in [0.15, 0.2) is 79.0 Å². The van der Waals surface area contributed by atoms with E-state index in [2.05, 4.69) is 20.9 Å². The lowest BCUT2D eigenvalue weighted by Crippen LogP contribution is -2.43. The third-order valence-corrected chi connectivity index (χ3v) is 7.05. The van der Waals surface area contributed by atoms with Crippen LogP contribution >= 0.6 is 0 Å². The maximum Gasteiger partial charge on any atom is 0.404 e. The number of carboxylic acid groups (broad SMARTS) is 1. The van der Waals surface area contributed by atoms with Crippen molar-refractivity contribution in [3.8, 4) is 11.1 Å². The summed E-state index contributed by atoms with van der Waals surface area (Å²) in [4.78, 5) is 40.3. The number of anilines is 2. The molecule has 39 heavy (non-hydrogen) atoms. The van der Waals surface area contributed by atoms with Gasteiger partial charge in [0.25, 0.3) is 11.8 Å². The number of carbonyl (C=O) groups excluding carboxylic acids is 2. The maximum absolute atomic E-state index is 12.8. The highest BCUT2D eigenvalue weighted by atomic mass is 16.4. The first-order valence-electron chi connectivity index (χ1n) is 12.8. The molecule has 9 nitrogen and oxygen atoms in total. The van der Waals surface area contributed by atoms with Gasteiger partial charge < -0.3 is 26.8 Å². The normalized spacial score (nSPS) is 16.8. The molecule has 198 valence electrons. The van der Waals surface area contributed by atoms with Crippen LogP contribution in [0.4, 0.5) is 16.2 Å². The summed E-state index contributed by atoms with van der Waals surface area (Å²) in [7, 11) is 0. The topological polar surface area (TPSA) is 146 Å². The van der Waals surface area contributed by atoms with Crippen LogP contribution in [0.3, 0.4) is 0 Å². The van der Waals surface area contributed by atoms with Gasteiger partial charge in [-0.25, -0.2) is 4.79 Å². The summed E-state index contributed by atoms with van der Waals surface area (Å²) >= 11 is 0. The predicted octanol–water partition coefficient (Wildman–Crippen LogP) is 5.05. The average Bonchev–Trinajstić information content (AvgIpc) is 2.94. The largest absolute Gasteiger partial charge is 0.465 e. The Hall–Kier alpha value is -4.92. The van der Waals surface area contributed by atoms with Crippen LogP contribution in [0.5, 0.6) is 0 Å². The molecule has 1 aliphatic carbocycles. The van der Waals surface area contributed by atoms with Gasteiger partial charge in [-0.1, -0.05) is 36.4 Å². The van der Waals surface area contributed by atoms with Gasteiger partial charge in [0.05, 0.1) is 16.8 Å². The fourth-order valence-corrected chi connectivity index (χ4v) is 5.00. The minimum atomic E-state index is -1.01. The van der Waals surface area contributed by atoms with E-state index in [1.165, 1.54) is 6.20 Å². The highest BCUT2D eigenvalue weighted by Gasteiger charge is 2.24. The van der Waals surface area contributed by atoms with Crippen LogP contribution in [0.2, 0.25) is 0 Å². The van der Waals surface area contributed by atoms with Crippen molar-refractivity contribution >= 4 is 40.2 Å². The van der Waals surface area contributed by atoms with Crippen LogP contribution in [-0.2, 0) is 0 Å². The number of hydrogen-bond acceptors (Lipinski definition) is 5. The lowest BCUT2D eigenvalue weighted by Gasteiger charge is -2.28. The molecule has 0 atom stereocenters. The molecule has 0 spiro atoms. The number of nitrogens with two attached hydrogens (primary N) is 1. The Morgan fingerprint density at radius 1 is 0.821 bits per heavy atom. The molecule has 0 saturated heterocycles. The zero-order chi connectivity index (χ0) is 27.4. The fraction of sp³-hybridized carbons (Fsp3) is 0.200. The van der Waals surface area contributed by atoms with Crippen molar-refractivity contribution in [2.24, 2.45) is 5.73 Å². The van der Waals surface area contributed by atoms with Gasteiger partial charge in [0.15, 0.2) is 0 Å². The van der Waals surface area contributed by atoms with Gasteiger partial charge in [-0.2, -0.15) is 0 Å². The number of pyridine rings is 1. The Morgan fingerprint density at radius 2 is 1.46 bits per heavy atom. The number of benzene rings is 3. The second-order valence-electron chi connectivity index (χ2n) is 9.68. The number of fused-ring (bicyclic) bond motifs is 1. The maximum atomic E-state index is 12.8. The van der Waals surface area contributed by atoms with Gasteiger partial charge in [-0.3, -0.25) is 14.6 Å². The molecule has 5 rings (SSSR count). The fourth-order valence-electron chi connectivity index (χ4n) is 5.00. The minimum absolute atomic E-state index is 0.0204. The van der Waals surface area contributed by atoms with E-state index in [0.717, 1.165) is 35.0 Å². The van der Waals surface area contributed by atoms with Gasteiger partial charge in [-0.15, -0.1) is 0 Å². The summed E-state index contributed by atoms with van der Waals surface area (Å²) in [6.07, 6.45) is 3.33. The van der Waals surface area contributed by atoms with Crippen molar-refractivity contribution in [3.63, 3.8) is 0 Å². The summed E-state index contributed by atoms with van der Waals surface area (Å²) in [6.45, 7) is 0. The number of para-hydroxylation sites is 1. The second kappa shape index (κ2) is 11.2. The summed E-state index contributed by atoms with van der Waals surface area (Å²) < 4.78 is 0. The first kappa shape index (κ1) is 25.7. The molecule has 1 aliphatic rings. The number of nitrogens with one attached hydrogen (secondary N) is 3. The molecule has 9 heteroatoms. The second-order valence-corrected chi connectivity index (χ2v) is 9.68. The van der Waals surface area contributed by atoms with Crippen molar-refractivity contribution in [1.29, 1.82) is 0 Å². The average molecular weight is 524 g/mol. The molecule has 0 bridgehead atoms. The summed E-state index contributed by atoms with van der Waals surface area (Å²) in [5.41, 5.74) is 10.4. The number of rotatable bonds is 7. The van der Waals surface area contributed by atoms with Crippen molar-refractivity contribution in [2.45, 2.75) is 37.8 Å². The van der Waals surface area contributed by atoms with Crippen molar-refractivity contribution < 1.29 is 19.5 Å². The summed E-state index contributed by atoms with van der Waals surface area (Å²) in [5, 5.41) is 18.5. The Kier molecular flexibility index (Phi) is 7.40. The first-order chi connectivity index (χ1) is 18.9. The number of carbonyl (C=O) groups is 3. The van der Waals surface area contributed by atoms with Crippen molar-refractivity contribution in [1.82, 2.24) is 15.6 Å². The van der Waals surface area contributed by atoms with Crippen LogP contribution < -0.4 is 21.7 Å². The van der Waals surface area contributed by atoms with E-state index < -0.39 is 12.0 Å². The minimum Gasteiger partial charge on any atom is -0.465 e. The smallest absolute Gasteiger partial charge is 0.404 e. The Balaban J connectivity index is 1.35. The Bertz CT molecular complexity index is 1510. The van der Waals surface area contributed by atoms with E-state index in [0.29, 0.717) is 35.2 Å². The van der Waals surface area contributed by atoms with Gasteiger partial charge in [-0.05, 0) is 73.2 Å². The summed E-state index contributed by atoms with van der Waals surface area (Å²) in [6, 6.07) is 22.6. The van der Waals surface area contributed by atoms with Gasteiger partial charge in [0.1, 0.15) is 0 Å². The SMILES string of the molecule is NC(=O)c1cnc2ccc(-c3ccc(C(=O)NC4CCC(NC(=O)O)CC4)cc3)cc2c1Nc1ccccc1. The monoisotopic (exact) mass is 523 g/mol. The highest BCUT2D eigenvalue weighted by molar-refractivity contribution is 6.08.